The van der Waals surface area contributed by atoms with E-state index in [9.17, 15) is 14.4 Å². The van der Waals surface area contributed by atoms with Gasteiger partial charge < -0.3 is 9.80 Å². The van der Waals surface area contributed by atoms with Crippen LogP contribution in [-0.2, 0) is 22.6 Å². The largest absolute Gasteiger partial charge is 0.342 e. The number of piperidine rings is 1. The maximum atomic E-state index is 13.3. The average Bonchev–Trinajstić information content (AvgIpc) is 3.16. The summed E-state index contributed by atoms with van der Waals surface area (Å²) in [6, 6.07) is 1.95. The summed E-state index contributed by atoms with van der Waals surface area (Å²) in [6.45, 7) is 13.8. The van der Waals surface area contributed by atoms with Crippen molar-refractivity contribution in [3.8, 4) is 0 Å². The molecule has 2 aliphatic rings. The van der Waals surface area contributed by atoms with E-state index in [-0.39, 0.29) is 23.3 Å². The number of hydrogen-bond donors (Lipinski definition) is 1. The van der Waals surface area contributed by atoms with Crippen LogP contribution in [0.1, 0.15) is 77.3 Å². The molecule has 32 heavy (non-hydrogen) atoms. The first kappa shape index (κ1) is 22.6. The zero-order chi connectivity index (χ0) is 23.4. The molecule has 1 unspecified atom stereocenters. The van der Waals surface area contributed by atoms with Crippen molar-refractivity contribution in [3.05, 3.63) is 33.4 Å². The molecule has 1 fully saturated rings. The number of carbonyl (C=O) groups excluding carboxylic acids is 2. The van der Waals surface area contributed by atoms with E-state index < -0.39 is 10.8 Å². The molecule has 0 saturated carbocycles. The van der Waals surface area contributed by atoms with Crippen LogP contribution in [0.25, 0.3) is 5.65 Å². The molecule has 2 aromatic heterocycles. The van der Waals surface area contributed by atoms with Crippen LogP contribution in [-0.4, -0.2) is 55.8 Å². The van der Waals surface area contributed by atoms with Crippen molar-refractivity contribution in [3.63, 3.8) is 0 Å². The number of nitrogens with one attached hydrogen (secondary N) is 1. The summed E-state index contributed by atoms with van der Waals surface area (Å²) in [5.74, 6) is 0.352. The number of fused-ring (bicyclic) bond motifs is 2. The lowest BCUT2D eigenvalue weighted by Gasteiger charge is -2.36. The summed E-state index contributed by atoms with van der Waals surface area (Å²) >= 11 is 0. The Morgan fingerprint density at radius 2 is 1.69 bits per heavy atom. The van der Waals surface area contributed by atoms with Crippen molar-refractivity contribution in [1.29, 1.82) is 0 Å². The van der Waals surface area contributed by atoms with Gasteiger partial charge in [-0.2, -0.15) is 0 Å². The summed E-state index contributed by atoms with van der Waals surface area (Å²) in [5.41, 5.74) is 1.89. The molecule has 0 spiro atoms. The Morgan fingerprint density at radius 3 is 2.34 bits per heavy atom. The molecule has 1 atom stereocenters. The van der Waals surface area contributed by atoms with Gasteiger partial charge in [-0.3, -0.25) is 19.5 Å². The van der Waals surface area contributed by atoms with Crippen molar-refractivity contribution in [2.24, 2.45) is 10.8 Å². The molecule has 2 aliphatic heterocycles. The number of rotatable bonds is 1. The van der Waals surface area contributed by atoms with E-state index in [1.54, 1.807) is 4.90 Å². The second kappa shape index (κ2) is 7.74. The van der Waals surface area contributed by atoms with E-state index >= 15 is 0 Å². The van der Waals surface area contributed by atoms with Crippen molar-refractivity contribution in [2.45, 2.75) is 73.3 Å². The number of aromatic nitrogens is 3. The fraction of sp³-hybridized carbons (Fsp3) is 0.667. The molecule has 8 heteroatoms. The number of amides is 2. The number of nitrogens with zero attached hydrogens (tertiary/aromatic N) is 4. The lowest BCUT2D eigenvalue weighted by molar-refractivity contribution is -0.141. The highest BCUT2D eigenvalue weighted by atomic mass is 16.2. The van der Waals surface area contributed by atoms with Crippen LogP contribution in [0.3, 0.4) is 0 Å². The highest BCUT2D eigenvalue weighted by Crippen LogP contribution is 2.30. The maximum absolute atomic E-state index is 13.3. The number of hydrogen-bond acceptors (Lipinski definition) is 4. The molecule has 174 valence electrons. The minimum Gasteiger partial charge on any atom is -0.342 e. The normalized spacial score (nSPS) is 19.9. The molecular formula is C24H35N5O3. The molecule has 1 N–H and O–H groups in total. The molecule has 2 amide bonds. The molecule has 0 aromatic carbocycles. The zero-order valence-corrected chi connectivity index (χ0v) is 20.1. The SMILES string of the molecule is CC(C)(C)C(=O)N1CCc2nc3cc(C4CCCN(C(=O)C(C)(C)C)C4)[nH]n3c(=O)c2C1. The Kier molecular flexibility index (Phi) is 5.46. The molecule has 0 aliphatic carbocycles. The van der Waals surface area contributed by atoms with Gasteiger partial charge in [-0.1, -0.05) is 41.5 Å². The van der Waals surface area contributed by atoms with Gasteiger partial charge in [0, 0.05) is 54.6 Å². The van der Waals surface area contributed by atoms with Gasteiger partial charge >= 0.3 is 0 Å². The summed E-state index contributed by atoms with van der Waals surface area (Å²) < 4.78 is 1.50. The van der Waals surface area contributed by atoms with Gasteiger partial charge in [-0.05, 0) is 12.8 Å². The maximum Gasteiger partial charge on any atom is 0.277 e. The second-order valence-corrected chi connectivity index (χ2v) is 11.3. The number of aromatic amines is 1. The quantitative estimate of drug-likeness (QED) is 0.737. The van der Waals surface area contributed by atoms with E-state index in [2.05, 4.69) is 5.10 Å². The second-order valence-electron chi connectivity index (χ2n) is 11.3. The van der Waals surface area contributed by atoms with Crippen LogP contribution in [0, 0.1) is 10.8 Å². The predicted molar refractivity (Wildman–Crippen MR) is 122 cm³/mol. The summed E-state index contributed by atoms with van der Waals surface area (Å²) in [7, 11) is 0. The van der Waals surface area contributed by atoms with Gasteiger partial charge in [0.25, 0.3) is 5.56 Å². The summed E-state index contributed by atoms with van der Waals surface area (Å²) in [5, 5.41) is 3.26. The highest BCUT2D eigenvalue weighted by molar-refractivity contribution is 5.82. The fourth-order valence-electron chi connectivity index (χ4n) is 4.75. The van der Waals surface area contributed by atoms with Crippen LogP contribution in [0.15, 0.2) is 10.9 Å². The van der Waals surface area contributed by atoms with E-state index in [0.29, 0.717) is 37.3 Å². The third kappa shape index (κ3) is 4.07. The highest BCUT2D eigenvalue weighted by Gasteiger charge is 2.34. The van der Waals surface area contributed by atoms with Crippen LogP contribution in [0.5, 0.6) is 0 Å². The molecule has 2 aromatic rings. The van der Waals surface area contributed by atoms with E-state index in [1.807, 2.05) is 52.5 Å². The zero-order valence-electron chi connectivity index (χ0n) is 20.1. The number of H-pyrrole nitrogens is 1. The molecule has 0 bridgehead atoms. The first-order chi connectivity index (χ1) is 14.9. The van der Waals surface area contributed by atoms with Crippen LogP contribution >= 0.6 is 0 Å². The van der Waals surface area contributed by atoms with E-state index in [0.717, 1.165) is 30.8 Å². The van der Waals surface area contributed by atoms with Crippen LogP contribution < -0.4 is 5.56 Å². The Hall–Kier alpha value is -2.64. The van der Waals surface area contributed by atoms with Crippen LogP contribution in [0.2, 0.25) is 0 Å². The first-order valence-electron chi connectivity index (χ1n) is 11.6. The standard InChI is InChI=1S/C24H35N5O3/c1-23(2,3)21(31)27-10-7-8-15(13-27)18-12-19-25-17-9-11-28(22(32)24(4,5)6)14-16(17)20(30)29(19)26-18/h12,15,26H,7-11,13-14H2,1-6H3. The Morgan fingerprint density at radius 1 is 1.03 bits per heavy atom. The van der Waals surface area contributed by atoms with Crippen molar-refractivity contribution < 1.29 is 9.59 Å². The monoisotopic (exact) mass is 441 g/mol. The first-order valence-corrected chi connectivity index (χ1v) is 11.6. The average molecular weight is 442 g/mol. The van der Waals surface area contributed by atoms with Crippen molar-refractivity contribution >= 4 is 17.5 Å². The molecule has 8 nitrogen and oxygen atoms in total. The lowest BCUT2D eigenvalue weighted by atomic mass is 9.90. The summed E-state index contributed by atoms with van der Waals surface area (Å²) in [4.78, 5) is 47.2. The van der Waals surface area contributed by atoms with Gasteiger partial charge in [0.05, 0.1) is 17.8 Å². The number of carbonyl (C=O) groups is 2. The minimum atomic E-state index is -0.484. The Bertz CT molecular complexity index is 1120. The Balaban J connectivity index is 1.62. The Labute approximate surface area is 189 Å². The van der Waals surface area contributed by atoms with Gasteiger partial charge in [-0.25, -0.2) is 9.50 Å². The molecular weight excluding hydrogens is 406 g/mol. The molecule has 1 saturated heterocycles. The smallest absolute Gasteiger partial charge is 0.277 e. The third-order valence-electron chi connectivity index (χ3n) is 6.50. The topological polar surface area (TPSA) is 90.8 Å². The van der Waals surface area contributed by atoms with E-state index in [1.165, 1.54) is 4.52 Å². The van der Waals surface area contributed by atoms with Crippen LogP contribution in [0.4, 0.5) is 0 Å². The minimum absolute atomic E-state index is 0.0469. The third-order valence-corrected chi connectivity index (χ3v) is 6.50. The lowest BCUT2D eigenvalue weighted by Crippen LogP contribution is -2.45. The van der Waals surface area contributed by atoms with Crippen molar-refractivity contribution in [2.75, 3.05) is 19.6 Å². The molecule has 0 radical (unpaired) electrons. The number of likely N-dealkylation sites (tertiary alicyclic amines) is 1. The molecule has 4 rings (SSSR count). The van der Waals surface area contributed by atoms with Gasteiger partial charge in [0.1, 0.15) is 0 Å². The van der Waals surface area contributed by atoms with Crippen molar-refractivity contribution in [1.82, 2.24) is 24.4 Å². The predicted octanol–water partition coefficient (Wildman–Crippen LogP) is 2.71. The van der Waals surface area contributed by atoms with Gasteiger partial charge in [0.15, 0.2) is 5.65 Å². The van der Waals surface area contributed by atoms with E-state index in [4.69, 9.17) is 4.98 Å². The summed E-state index contributed by atoms with van der Waals surface area (Å²) in [6.07, 6.45) is 2.48. The van der Waals surface area contributed by atoms with Gasteiger partial charge in [-0.15, -0.1) is 0 Å². The fourth-order valence-corrected chi connectivity index (χ4v) is 4.75. The van der Waals surface area contributed by atoms with Gasteiger partial charge in [0.2, 0.25) is 11.8 Å². The molecule has 4 heterocycles.